The van der Waals surface area contributed by atoms with E-state index in [2.05, 4.69) is 10.6 Å². The van der Waals surface area contributed by atoms with Gasteiger partial charge in [-0.2, -0.15) is 11.8 Å². The molecule has 0 heterocycles. The van der Waals surface area contributed by atoms with Crippen LogP contribution >= 0.6 is 11.8 Å². The molecule has 0 aliphatic rings. The monoisotopic (exact) mass is 390 g/mol. The van der Waals surface area contributed by atoms with Crippen LogP contribution in [0.25, 0.3) is 0 Å². The summed E-state index contributed by atoms with van der Waals surface area (Å²) in [5.41, 5.74) is 10.8. The number of rotatable bonds is 13. The van der Waals surface area contributed by atoms with Crippen LogP contribution in [0.1, 0.15) is 39.5 Å². The summed E-state index contributed by atoms with van der Waals surface area (Å²) in [5.74, 6) is -2.19. The Morgan fingerprint density at radius 2 is 1.62 bits per heavy atom. The van der Waals surface area contributed by atoms with E-state index >= 15 is 0 Å². The van der Waals surface area contributed by atoms with E-state index in [0.717, 1.165) is 0 Å². The van der Waals surface area contributed by atoms with Crippen molar-refractivity contribution < 1.29 is 24.3 Å². The third-order valence-corrected chi connectivity index (χ3v) is 4.24. The van der Waals surface area contributed by atoms with E-state index in [4.69, 9.17) is 11.5 Å². The molecule has 0 aromatic rings. The van der Waals surface area contributed by atoms with Crippen LogP contribution < -0.4 is 22.1 Å². The van der Waals surface area contributed by atoms with Crippen LogP contribution in [0.2, 0.25) is 0 Å². The Hall–Kier alpha value is -1.81. The molecule has 7 N–H and O–H groups in total. The van der Waals surface area contributed by atoms with Crippen LogP contribution in [0.5, 0.6) is 0 Å². The maximum absolute atomic E-state index is 12.4. The second-order valence-corrected chi connectivity index (χ2v) is 7.47. The van der Waals surface area contributed by atoms with Crippen molar-refractivity contribution in [3.05, 3.63) is 0 Å². The number of aliphatic carboxylic acids is 1. The SMILES string of the molecule is CSCCC(NC(=O)C(N)CC(C)C)C(=O)NC(CCC(N)=O)C(=O)O. The molecule has 0 aliphatic carbocycles. The molecule has 26 heavy (non-hydrogen) atoms. The number of nitrogens with two attached hydrogens (primary N) is 2. The van der Waals surface area contributed by atoms with Crippen molar-refractivity contribution in [2.45, 2.75) is 57.7 Å². The molecule has 150 valence electrons. The van der Waals surface area contributed by atoms with Gasteiger partial charge in [-0.25, -0.2) is 4.79 Å². The van der Waals surface area contributed by atoms with E-state index in [9.17, 15) is 24.3 Å². The number of carboxylic acids is 1. The largest absolute Gasteiger partial charge is 0.480 e. The number of thioether (sulfide) groups is 1. The van der Waals surface area contributed by atoms with Gasteiger partial charge in [-0.1, -0.05) is 13.8 Å². The first kappa shape index (κ1) is 24.2. The molecule has 0 saturated heterocycles. The van der Waals surface area contributed by atoms with Gasteiger partial charge in [0.1, 0.15) is 12.1 Å². The number of hydrogen-bond acceptors (Lipinski definition) is 6. The van der Waals surface area contributed by atoms with Gasteiger partial charge in [0, 0.05) is 6.42 Å². The van der Waals surface area contributed by atoms with E-state index in [0.29, 0.717) is 18.6 Å². The second kappa shape index (κ2) is 12.5. The molecular weight excluding hydrogens is 360 g/mol. The predicted octanol–water partition coefficient (Wildman–Crippen LogP) is -0.567. The van der Waals surface area contributed by atoms with Crippen LogP contribution in [0.4, 0.5) is 0 Å². The molecule has 0 fully saturated rings. The minimum atomic E-state index is -1.27. The highest BCUT2D eigenvalue weighted by Gasteiger charge is 2.28. The van der Waals surface area contributed by atoms with Gasteiger partial charge in [0.15, 0.2) is 0 Å². The summed E-state index contributed by atoms with van der Waals surface area (Å²) < 4.78 is 0. The highest BCUT2D eigenvalue weighted by molar-refractivity contribution is 7.98. The number of amides is 3. The van der Waals surface area contributed by atoms with Crippen LogP contribution in [0.3, 0.4) is 0 Å². The molecule has 0 aliphatic heterocycles. The van der Waals surface area contributed by atoms with Crippen LogP contribution in [0.15, 0.2) is 0 Å². The van der Waals surface area contributed by atoms with E-state index in [1.54, 1.807) is 0 Å². The zero-order chi connectivity index (χ0) is 20.3. The molecule has 3 unspecified atom stereocenters. The van der Waals surface area contributed by atoms with Gasteiger partial charge in [-0.15, -0.1) is 0 Å². The van der Waals surface area contributed by atoms with Crippen molar-refractivity contribution in [3.8, 4) is 0 Å². The normalized spacial score (nSPS) is 14.3. The molecule has 0 aromatic carbocycles. The van der Waals surface area contributed by atoms with Crippen molar-refractivity contribution in [1.82, 2.24) is 10.6 Å². The molecule has 0 saturated carbocycles. The third-order valence-electron chi connectivity index (χ3n) is 3.60. The van der Waals surface area contributed by atoms with Crippen LogP contribution in [-0.4, -0.2) is 58.9 Å². The number of primary amides is 1. The number of carbonyl (C=O) groups is 4. The Balaban J connectivity index is 4.96. The van der Waals surface area contributed by atoms with E-state index in [1.165, 1.54) is 11.8 Å². The fourth-order valence-corrected chi connectivity index (χ4v) is 2.69. The molecule has 9 nitrogen and oxygen atoms in total. The summed E-state index contributed by atoms with van der Waals surface area (Å²) >= 11 is 1.49. The summed E-state index contributed by atoms with van der Waals surface area (Å²) in [7, 11) is 0. The molecule has 3 amide bonds. The first-order valence-corrected chi connectivity index (χ1v) is 9.84. The summed E-state index contributed by atoms with van der Waals surface area (Å²) in [4.78, 5) is 46.7. The Labute approximate surface area is 158 Å². The van der Waals surface area contributed by atoms with Crippen molar-refractivity contribution in [2.24, 2.45) is 17.4 Å². The minimum Gasteiger partial charge on any atom is -0.480 e. The summed E-state index contributed by atoms with van der Waals surface area (Å²) in [6, 6.07) is -2.90. The molecule has 10 heteroatoms. The van der Waals surface area contributed by atoms with E-state index in [1.807, 2.05) is 20.1 Å². The van der Waals surface area contributed by atoms with Gasteiger partial charge in [0.05, 0.1) is 6.04 Å². The molecular formula is C16H30N4O5S. The topological polar surface area (TPSA) is 165 Å². The summed E-state index contributed by atoms with van der Waals surface area (Å²) in [6.45, 7) is 3.86. The molecule has 0 radical (unpaired) electrons. The molecule has 0 bridgehead atoms. The van der Waals surface area contributed by atoms with Gasteiger partial charge in [0.2, 0.25) is 17.7 Å². The van der Waals surface area contributed by atoms with Crippen molar-refractivity contribution in [3.63, 3.8) is 0 Å². The fraction of sp³-hybridized carbons (Fsp3) is 0.750. The Morgan fingerprint density at radius 3 is 2.08 bits per heavy atom. The summed E-state index contributed by atoms with van der Waals surface area (Å²) in [5, 5.41) is 14.1. The smallest absolute Gasteiger partial charge is 0.326 e. The van der Waals surface area contributed by atoms with Crippen molar-refractivity contribution in [1.29, 1.82) is 0 Å². The van der Waals surface area contributed by atoms with Crippen molar-refractivity contribution in [2.75, 3.05) is 12.0 Å². The predicted molar refractivity (Wildman–Crippen MR) is 100 cm³/mol. The lowest BCUT2D eigenvalue weighted by molar-refractivity contribution is -0.142. The van der Waals surface area contributed by atoms with Crippen LogP contribution in [0, 0.1) is 5.92 Å². The Kier molecular flexibility index (Phi) is 11.7. The van der Waals surface area contributed by atoms with Gasteiger partial charge >= 0.3 is 5.97 Å². The lowest BCUT2D eigenvalue weighted by Crippen LogP contribution is -2.54. The quantitative estimate of drug-likeness (QED) is 0.281. The Bertz CT molecular complexity index is 501. The average Bonchev–Trinajstić information content (AvgIpc) is 2.53. The third kappa shape index (κ3) is 10.2. The van der Waals surface area contributed by atoms with Crippen LogP contribution in [-0.2, 0) is 19.2 Å². The summed E-state index contributed by atoms with van der Waals surface area (Å²) in [6.07, 6.45) is 2.37. The second-order valence-electron chi connectivity index (χ2n) is 6.48. The lowest BCUT2D eigenvalue weighted by Gasteiger charge is -2.23. The van der Waals surface area contributed by atoms with E-state index < -0.39 is 41.8 Å². The molecule has 0 aromatic heterocycles. The number of carbonyl (C=O) groups excluding carboxylic acids is 3. The van der Waals surface area contributed by atoms with Gasteiger partial charge < -0.3 is 27.2 Å². The lowest BCUT2D eigenvalue weighted by atomic mass is 10.0. The average molecular weight is 391 g/mol. The highest BCUT2D eigenvalue weighted by Crippen LogP contribution is 2.06. The zero-order valence-corrected chi connectivity index (χ0v) is 16.3. The number of carboxylic acid groups (broad SMARTS) is 1. The highest BCUT2D eigenvalue weighted by atomic mass is 32.2. The maximum Gasteiger partial charge on any atom is 0.326 e. The zero-order valence-electron chi connectivity index (χ0n) is 15.5. The first-order chi connectivity index (χ1) is 12.1. The molecule has 0 rings (SSSR count). The number of hydrogen-bond donors (Lipinski definition) is 5. The Morgan fingerprint density at radius 1 is 1.04 bits per heavy atom. The van der Waals surface area contributed by atoms with Crippen molar-refractivity contribution >= 4 is 35.5 Å². The van der Waals surface area contributed by atoms with Gasteiger partial charge in [-0.3, -0.25) is 14.4 Å². The fourth-order valence-electron chi connectivity index (χ4n) is 2.21. The first-order valence-electron chi connectivity index (χ1n) is 8.44. The maximum atomic E-state index is 12.4. The van der Waals surface area contributed by atoms with E-state index in [-0.39, 0.29) is 18.8 Å². The standard InChI is InChI=1S/C16H30N4O5S/c1-9(2)8-10(17)14(22)19-11(6-7-26-3)15(23)20-12(16(24)25)4-5-13(18)21/h9-12H,4-8,17H2,1-3H3,(H2,18,21)(H,19,22)(H,20,23)(H,24,25). The van der Waals surface area contributed by atoms with Gasteiger partial charge in [-0.05, 0) is 37.2 Å². The minimum absolute atomic E-state index is 0.119. The number of nitrogens with one attached hydrogen (secondary N) is 2. The molecule has 0 spiro atoms. The molecule has 3 atom stereocenters. The van der Waals surface area contributed by atoms with Gasteiger partial charge in [0.25, 0.3) is 0 Å².